The number of hydrogen-bond acceptors (Lipinski definition) is 3. The summed E-state index contributed by atoms with van der Waals surface area (Å²) >= 11 is 0. The lowest BCUT2D eigenvalue weighted by Gasteiger charge is -2.07. The number of ether oxygens (including phenoxy) is 2. The standard InChI is InChI=1S/C10H14O3/c1-3-13-10-5-8(7-11)4-9(6-10)12-2/h4-6,11H,3,7H2,1-2H3. The fourth-order valence-electron chi connectivity index (χ4n) is 1.09. The van der Waals surface area contributed by atoms with E-state index in [1.54, 1.807) is 25.3 Å². The first-order chi connectivity index (χ1) is 6.30. The van der Waals surface area contributed by atoms with Crippen molar-refractivity contribution in [1.29, 1.82) is 0 Å². The third-order valence-electron chi connectivity index (χ3n) is 1.67. The van der Waals surface area contributed by atoms with Crippen molar-refractivity contribution in [3.8, 4) is 11.5 Å². The molecule has 0 aliphatic heterocycles. The van der Waals surface area contributed by atoms with E-state index >= 15 is 0 Å². The summed E-state index contributed by atoms with van der Waals surface area (Å²) in [5.74, 6) is 1.43. The molecule has 1 aromatic carbocycles. The summed E-state index contributed by atoms with van der Waals surface area (Å²) in [6.45, 7) is 2.52. The van der Waals surface area contributed by atoms with Gasteiger partial charge in [0.15, 0.2) is 0 Å². The van der Waals surface area contributed by atoms with Crippen molar-refractivity contribution in [3.05, 3.63) is 23.8 Å². The minimum absolute atomic E-state index is 0.00270. The molecule has 0 aliphatic carbocycles. The van der Waals surface area contributed by atoms with Crippen LogP contribution >= 0.6 is 0 Å². The van der Waals surface area contributed by atoms with E-state index in [9.17, 15) is 0 Å². The maximum Gasteiger partial charge on any atom is 0.123 e. The van der Waals surface area contributed by atoms with Gasteiger partial charge in [0.25, 0.3) is 0 Å². The Bertz CT molecular complexity index is 249. The van der Waals surface area contributed by atoms with Crippen molar-refractivity contribution >= 4 is 0 Å². The number of aliphatic hydroxyl groups excluding tert-OH is 1. The molecule has 1 aromatic rings. The summed E-state index contributed by atoms with van der Waals surface area (Å²) in [5, 5.41) is 8.94. The molecule has 72 valence electrons. The summed E-state index contributed by atoms with van der Waals surface area (Å²) in [4.78, 5) is 0. The van der Waals surface area contributed by atoms with Crippen LogP contribution in [0.15, 0.2) is 18.2 Å². The van der Waals surface area contributed by atoms with Gasteiger partial charge < -0.3 is 14.6 Å². The Morgan fingerprint density at radius 1 is 1.23 bits per heavy atom. The molecule has 3 nitrogen and oxygen atoms in total. The lowest BCUT2D eigenvalue weighted by atomic mass is 10.2. The summed E-state index contributed by atoms with van der Waals surface area (Å²) < 4.78 is 10.4. The highest BCUT2D eigenvalue weighted by Gasteiger charge is 2.00. The van der Waals surface area contributed by atoms with E-state index < -0.39 is 0 Å². The molecule has 0 amide bonds. The molecule has 0 aromatic heterocycles. The summed E-state index contributed by atoms with van der Waals surface area (Å²) in [5.41, 5.74) is 0.794. The fourth-order valence-corrected chi connectivity index (χ4v) is 1.09. The van der Waals surface area contributed by atoms with E-state index in [1.165, 1.54) is 0 Å². The highest BCUT2D eigenvalue weighted by atomic mass is 16.5. The quantitative estimate of drug-likeness (QED) is 0.768. The molecule has 0 spiro atoms. The van der Waals surface area contributed by atoms with Gasteiger partial charge >= 0.3 is 0 Å². The van der Waals surface area contributed by atoms with E-state index in [2.05, 4.69) is 0 Å². The molecule has 0 aliphatic rings. The molecule has 0 heterocycles. The van der Waals surface area contributed by atoms with Gasteiger partial charge in [0.1, 0.15) is 11.5 Å². The topological polar surface area (TPSA) is 38.7 Å². The molecule has 13 heavy (non-hydrogen) atoms. The Balaban J connectivity index is 2.93. The van der Waals surface area contributed by atoms with E-state index in [1.807, 2.05) is 6.92 Å². The van der Waals surface area contributed by atoms with Gasteiger partial charge in [0.05, 0.1) is 20.3 Å². The zero-order valence-corrected chi connectivity index (χ0v) is 7.91. The van der Waals surface area contributed by atoms with Crippen molar-refractivity contribution in [1.82, 2.24) is 0 Å². The summed E-state index contributed by atoms with van der Waals surface area (Å²) in [7, 11) is 1.59. The highest BCUT2D eigenvalue weighted by Crippen LogP contribution is 2.22. The normalized spacial score (nSPS) is 9.77. The molecule has 0 saturated heterocycles. The van der Waals surface area contributed by atoms with Gasteiger partial charge in [-0.05, 0) is 24.6 Å². The molecular weight excluding hydrogens is 168 g/mol. The van der Waals surface area contributed by atoms with Crippen molar-refractivity contribution in [2.24, 2.45) is 0 Å². The van der Waals surface area contributed by atoms with Gasteiger partial charge in [-0.25, -0.2) is 0 Å². The Labute approximate surface area is 77.9 Å². The molecule has 0 atom stereocenters. The van der Waals surface area contributed by atoms with E-state index in [0.717, 1.165) is 11.3 Å². The molecule has 0 fully saturated rings. The molecule has 0 radical (unpaired) electrons. The van der Waals surface area contributed by atoms with Crippen LogP contribution in [-0.4, -0.2) is 18.8 Å². The van der Waals surface area contributed by atoms with Crippen molar-refractivity contribution in [2.45, 2.75) is 13.5 Å². The zero-order chi connectivity index (χ0) is 9.68. The predicted octanol–water partition coefficient (Wildman–Crippen LogP) is 1.59. The zero-order valence-electron chi connectivity index (χ0n) is 7.91. The first kappa shape index (κ1) is 9.86. The van der Waals surface area contributed by atoms with Crippen LogP contribution in [0.3, 0.4) is 0 Å². The van der Waals surface area contributed by atoms with Crippen LogP contribution in [-0.2, 0) is 6.61 Å². The molecule has 1 rings (SSSR count). The number of aliphatic hydroxyl groups is 1. The van der Waals surface area contributed by atoms with Gasteiger partial charge in [-0.1, -0.05) is 0 Å². The predicted molar refractivity (Wildman–Crippen MR) is 50.1 cm³/mol. The number of rotatable bonds is 4. The minimum atomic E-state index is -0.00270. The van der Waals surface area contributed by atoms with E-state index in [-0.39, 0.29) is 6.61 Å². The fraction of sp³-hybridized carbons (Fsp3) is 0.400. The average molecular weight is 182 g/mol. The average Bonchev–Trinajstić information content (AvgIpc) is 2.17. The SMILES string of the molecule is CCOc1cc(CO)cc(OC)c1. The van der Waals surface area contributed by atoms with Crippen LogP contribution < -0.4 is 9.47 Å². The maximum absolute atomic E-state index is 8.94. The number of benzene rings is 1. The monoisotopic (exact) mass is 182 g/mol. The van der Waals surface area contributed by atoms with Gasteiger partial charge in [0.2, 0.25) is 0 Å². The number of hydrogen-bond donors (Lipinski definition) is 1. The minimum Gasteiger partial charge on any atom is -0.497 e. The lowest BCUT2D eigenvalue weighted by Crippen LogP contribution is -1.94. The largest absolute Gasteiger partial charge is 0.497 e. The Morgan fingerprint density at radius 3 is 2.46 bits per heavy atom. The summed E-state index contributed by atoms with van der Waals surface area (Å²) in [6, 6.07) is 5.37. The van der Waals surface area contributed by atoms with Crippen LogP contribution in [0.5, 0.6) is 11.5 Å². The Hall–Kier alpha value is -1.22. The molecule has 0 unspecified atom stereocenters. The van der Waals surface area contributed by atoms with Gasteiger partial charge in [-0.2, -0.15) is 0 Å². The third kappa shape index (κ3) is 2.63. The summed E-state index contributed by atoms with van der Waals surface area (Å²) in [6.07, 6.45) is 0. The smallest absolute Gasteiger partial charge is 0.123 e. The molecular formula is C10H14O3. The van der Waals surface area contributed by atoms with Crippen LogP contribution in [0.4, 0.5) is 0 Å². The number of methoxy groups -OCH3 is 1. The van der Waals surface area contributed by atoms with Crippen LogP contribution in [0, 0.1) is 0 Å². The highest BCUT2D eigenvalue weighted by molar-refractivity contribution is 5.38. The molecule has 0 bridgehead atoms. The molecule has 1 N–H and O–H groups in total. The Morgan fingerprint density at radius 2 is 1.92 bits per heavy atom. The van der Waals surface area contributed by atoms with Crippen molar-refractivity contribution in [2.75, 3.05) is 13.7 Å². The Kier molecular flexibility index (Phi) is 3.58. The van der Waals surface area contributed by atoms with Crippen molar-refractivity contribution in [3.63, 3.8) is 0 Å². The maximum atomic E-state index is 8.94. The van der Waals surface area contributed by atoms with Crippen LogP contribution in [0.1, 0.15) is 12.5 Å². The second kappa shape index (κ2) is 4.72. The second-order valence-corrected chi connectivity index (χ2v) is 2.61. The van der Waals surface area contributed by atoms with Crippen molar-refractivity contribution < 1.29 is 14.6 Å². The molecule has 3 heteroatoms. The van der Waals surface area contributed by atoms with Crippen LogP contribution in [0.25, 0.3) is 0 Å². The first-order valence-electron chi connectivity index (χ1n) is 4.21. The lowest BCUT2D eigenvalue weighted by molar-refractivity contribution is 0.278. The van der Waals surface area contributed by atoms with Crippen LogP contribution in [0.2, 0.25) is 0 Å². The van der Waals surface area contributed by atoms with E-state index in [4.69, 9.17) is 14.6 Å². The van der Waals surface area contributed by atoms with Gasteiger partial charge in [0, 0.05) is 6.07 Å². The van der Waals surface area contributed by atoms with E-state index in [0.29, 0.717) is 12.4 Å². The third-order valence-corrected chi connectivity index (χ3v) is 1.67. The molecule has 0 saturated carbocycles. The van der Waals surface area contributed by atoms with Gasteiger partial charge in [-0.15, -0.1) is 0 Å². The van der Waals surface area contributed by atoms with Gasteiger partial charge in [-0.3, -0.25) is 0 Å². The second-order valence-electron chi connectivity index (χ2n) is 2.61. The first-order valence-corrected chi connectivity index (χ1v) is 4.21.